The van der Waals surface area contributed by atoms with Crippen LogP contribution >= 0.6 is 0 Å². The Morgan fingerprint density at radius 1 is 0.632 bits per heavy atom. The summed E-state index contributed by atoms with van der Waals surface area (Å²) in [6.45, 7) is 5.96. The van der Waals surface area contributed by atoms with Gasteiger partial charge in [-0.15, -0.1) is 0 Å². The molecule has 0 fully saturated rings. The molecule has 0 radical (unpaired) electrons. The van der Waals surface area contributed by atoms with Gasteiger partial charge in [0.25, 0.3) is 0 Å². The van der Waals surface area contributed by atoms with Crippen molar-refractivity contribution in [2.75, 3.05) is 39.6 Å². The van der Waals surface area contributed by atoms with Crippen molar-refractivity contribution in [3.63, 3.8) is 0 Å². The van der Waals surface area contributed by atoms with Gasteiger partial charge in [-0.3, -0.25) is 4.55 Å². The van der Waals surface area contributed by atoms with Crippen LogP contribution in [0.2, 0.25) is 0 Å². The molecule has 0 aliphatic carbocycles. The van der Waals surface area contributed by atoms with Crippen LogP contribution in [0.1, 0.15) is 115 Å². The highest BCUT2D eigenvalue weighted by Crippen LogP contribution is 2.27. The van der Waals surface area contributed by atoms with Crippen LogP contribution in [0.4, 0.5) is 0 Å². The monoisotopic (exact) mass is 558 g/mol. The first-order chi connectivity index (χ1) is 18.5. The minimum atomic E-state index is -4.41. The van der Waals surface area contributed by atoms with Gasteiger partial charge in [-0.1, -0.05) is 103 Å². The van der Waals surface area contributed by atoms with Gasteiger partial charge in [0, 0.05) is 0 Å². The van der Waals surface area contributed by atoms with Gasteiger partial charge >= 0.3 is 10.4 Å². The van der Waals surface area contributed by atoms with Crippen molar-refractivity contribution in [2.24, 2.45) is 0 Å². The topological polar surface area (TPSA) is 91.3 Å². The first-order valence-electron chi connectivity index (χ1n) is 15.0. The summed E-state index contributed by atoms with van der Waals surface area (Å²) in [6.07, 6.45) is 20.5. The predicted molar refractivity (Wildman–Crippen MR) is 154 cm³/mol. The third-order valence-corrected chi connectivity index (χ3v) is 7.09. The van der Waals surface area contributed by atoms with Crippen molar-refractivity contribution >= 4 is 10.4 Å². The molecule has 1 N–H and O–H groups in total. The third kappa shape index (κ3) is 19.8. The van der Waals surface area contributed by atoms with E-state index in [-0.39, 0.29) is 13.2 Å². The number of ether oxygens (including phenoxy) is 3. The largest absolute Gasteiger partial charge is 0.491 e. The van der Waals surface area contributed by atoms with Crippen LogP contribution in [-0.2, 0) is 36.9 Å². The Morgan fingerprint density at radius 2 is 1.13 bits per heavy atom. The van der Waals surface area contributed by atoms with E-state index in [1.54, 1.807) is 0 Å². The smallest absolute Gasteiger partial charge is 0.397 e. The first kappa shape index (κ1) is 34.8. The highest BCUT2D eigenvalue weighted by molar-refractivity contribution is 7.80. The Balaban J connectivity index is 2.43. The van der Waals surface area contributed by atoms with Gasteiger partial charge in [-0.05, 0) is 42.9 Å². The summed E-state index contributed by atoms with van der Waals surface area (Å²) >= 11 is 0. The third-order valence-electron chi connectivity index (χ3n) is 6.63. The zero-order valence-corrected chi connectivity index (χ0v) is 24.9. The van der Waals surface area contributed by atoms with Gasteiger partial charge in [-0.25, -0.2) is 4.18 Å². The van der Waals surface area contributed by atoms with E-state index >= 15 is 0 Å². The van der Waals surface area contributed by atoms with Gasteiger partial charge in [0.05, 0.1) is 33.0 Å². The number of hydrogen-bond acceptors (Lipinski definition) is 6. The van der Waals surface area contributed by atoms with Crippen LogP contribution in [0.15, 0.2) is 18.2 Å². The van der Waals surface area contributed by atoms with Crippen molar-refractivity contribution in [1.29, 1.82) is 0 Å². The van der Waals surface area contributed by atoms with E-state index in [2.05, 4.69) is 36.2 Å². The molecule has 0 amide bonds. The average molecular weight is 559 g/mol. The number of hydrogen-bond donors (Lipinski definition) is 1. The lowest BCUT2D eigenvalue weighted by molar-refractivity contribution is 0.0268. The molecule has 0 bridgehead atoms. The number of aryl methyl sites for hydroxylation is 1. The molecule has 1 aromatic carbocycles. The maximum atomic E-state index is 10.5. The van der Waals surface area contributed by atoms with Gasteiger partial charge in [0.2, 0.25) is 0 Å². The van der Waals surface area contributed by atoms with Gasteiger partial charge in [0.1, 0.15) is 12.4 Å². The van der Waals surface area contributed by atoms with Crippen molar-refractivity contribution in [3.05, 3.63) is 29.3 Å². The number of benzene rings is 1. The molecule has 7 nitrogen and oxygen atoms in total. The lowest BCUT2D eigenvalue weighted by atomic mass is 9.95. The first-order valence-corrected chi connectivity index (χ1v) is 16.3. The number of rotatable bonds is 27. The standard InChI is InChI=1S/C30H54O7S/c1-3-5-7-9-11-13-15-18-28-19-17-21-30(29(28)20-16-14-12-10-8-6-4-2)36-26-24-34-22-23-35-25-27-37-38(31,32)33/h17,19,21H,3-16,18,20,22-27H2,1-2H3,(H,31,32,33). The van der Waals surface area contributed by atoms with Gasteiger partial charge < -0.3 is 14.2 Å². The SMILES string of the molecule is CCCCCCCCCc1cccc(OCCOCCOCCOS(=O)(=O)O)c1CCCCCCCCC. The maximum Gasteiger partial charge on any atom is 0.397 e. The van der Waals surface area contributed by atoms with Crippen LogP contribution in [0.25, 0.3) is 0 Å². The summed E-state index contributed by atoms with van der Waals surface area (Å²) < 4.78 is 50.6. The molecule has 0 atom stereocenters. The fraction of sp³-hybridized carbons (Fsp3) is 0.800. The summed E-state index contributed by atoms with van der Waals surface area (Å²) in [4.78, 5) is 0. The average Bonchev–Trinajstić information content (AvgIpc) is 2.89. The number of unbranched alkanes of at least 4 members (excludes halogenated alkanes) is 12. The molecule has 222 valence electrons. The summed E-state index contributed by atoms with van der Waals surface area (Å²) in [7, 11) is -4.41. The Hall–Kier alpha value is -1.19. The summed E-state index contributed by atoms with van der Waals surface area (Å²) in [5, 5.41) is 0. The van der Waals surface area contributed by atoms with E-state index in [4.69, 9.17) is 18.8 Å². The van der Waals surface area contributed by atoms with E-state index in [1.165, 1.54) is 101 Å². The lowest BCUT2D eigenvalue weighted by Gasteiger charge is -2.16. The second-order valence-corrected chi connectivity index (χ2v) is 11.1. The molecule has 0 spiro atoms. The van der Waals surface area contributed by atoms with Gasteiger partial charge in [0.15, 0.2) is 0 Å². The van der Waals surface area contributed by atoms with Gasteiger partial charge in [-0.2, -0.15) is 8.42 Å². The molecule has 8 heteroatoms. The quantitative estimate of drug-likeness (QED) is 0.0882. The van der Waals surface area contributed by atoms with E-state index in [0.29, 0.717) is 26.4 Å². The predicted octanol–water partition coefficient (Wildman–Crippen LogP) is 7.50. The molecule has 0 aromatic heterocycles. The fourth-order valence-corrected chi connectivity index (χ4v) is 4.81. The Kier molecular flexibility index (Phi) is 21.7. The highest BCUT2D eigenvalue weighted by Gasteiger charge is 2.10. The normalized spacial score (nSPS) is 11.8. The Morgan fingerprint density at radius 3 is 1.71 bits per heavy atom. The minimum absolute atomic E-state index is 0.0626. The van der Waals surface area contributed by atoms with Crippen LogP contribution in [-0.4, -0.2) is 52.6 Å². The van der Waals surface area contributed by atoms with Crippen LogP contribution in [0.5, 0.6) is 5.75 Å². The molecule has 0 unspecified atom stereocenters. The van der Waals surface area contributed by atoms with Crippen molar-refractivity contribution in [3.8, 4) is 5.75 Å². The fourth-order valence-electron chi connectivity index (χ4n) is 4.53. The molecule has 0 aliphatic rings. The molecule has 0 heterocycles. The van der Waals surface area contributed by atoms with Crippen molar-refractivity contribution < 1.29 is 31.4 Å². The summed E-state index contributed by atoms with van der Waals surface area (Å²) in [5.41, 5.74) is 2.80. The molecule has 1 aromatic rings. The van der Waals surface area contributed by atoms with Crippen LogP contribution < -0.4 is 4.74 Å². The zero-order chi connectivity index (χ0) is 27.7. The van der Waals surface area contributed by atoms with Crippen molar-refractivity contribution in [1.82, 2.24) is 0 Å². The Bertz CT molecular complexity index is 783. The highest BCUT2D eigenvalue weighted by atomic mass is 32.3. The molecular weight excluding hydrogens is 504 g/mol. The lowest BCUT2D eigenvalue weighted by Crippen LogP contribution is -2.14. The molecule has 38 heavy (non-hydrogen) atoms. The molecular formula is C30H54O7S. The van der Waals surface area contributed by atoms with E-state index in [9.17, 15) is 8.42 Å². The van der Waals surface area contributed by atoms with E-state index < -0.39 is 10.4 Å². The molecule has 0 saturated heterocycles. The summed E-state index contributed by atoms with van der Waals surface area (Å²) in [5.74, 6) is 0.985. The second-order valence-electron chi connectivity index (χ2n) is 9.96. The van der Waals surface area contributed by atoms with Crippen LogP contribution in [0, 0.1) is 0 Å². The maximum absolute atomic E-state index is 10.5. The molecule has 0 saturated carbocycles. The molecule has 0 aliphatic heterocycles. The van der Waals surface area contributed by atoms with Crippen molar-refractivity contribution in [2.45, 2.75) is 117 Å². The molecule has 1 rings (SSSR count). The minimum Gasteiger partial charge on any atom is -0.491 e. The second kappa shape index (κ2) is 23.7. The zero-order valence-electron chi connectivity index (χ0n) is 24.1. The van der Waals surface area contributed by atoms with Crippen LogP contribution in [0.3, 0.4) is 0 Å². The van der Waals surface area contributed by atoms with E-state index in [1.807, 2.05) is 0 Å². The van der Waals surface area contributed by atoms with E-state index in [0.717, 1.165) is 18.6 Å². The summed E-state index contributed by atoms with van der Waals surface area (Å²) in [6, 6.07) is 6.48. The Labute approximate surface area is 232 Å².